The van der Waals surface area contributed by atoms with Crippen LogP contribution in [0.25, 0.3) is 0 Å². The van der Waals surface area contributed by atoms with E-state index in [1.165, 1.54) is 17.2 Å². The highest BCUT2D eigenvalue weighted by Crippen LogP contribution is 2.28. The lowest BCUT2D eigenvalue weighted by molar-refractivity contribution is 0.0264. The SMILES string of the molecule is CNc1nccc(C(=O)N(C)CC2CC(O)C2)c1F. The van der Waals surface area contributed by atoms with Crippen molar-refractivity contribution in [2.45, 2.75) is 18.9 Å². The molecule has 1 aromatic heterocycles. The van der Waals surface area contributed by atoms with Crippen molar-refractivity contribution in [3.63, 3.8) is 0 Å². The highest BCUT2D eigenvalue weighted by molar-refractivity contribution is 5.95. The van der Waals surface area contributed by atoms with Gasteiger partial charge in [-0.1, -0.05) is 0 Å². The Balaban J connectivity index is 2.06. The number of aromatic nitrogens is 1. The maximum Gasteiger partial charge on any atom is 0.256 e. The van der Waals surface area contributed by atoms with E-state index >= 15 is 0 Å². The van der Waals surface area contributed by atoms with Crippen LogP contribution in [0.3, 0.4) is 0 Å². The zero-order valence-electron chi connectivity index (χ0n) is 11.1. The summed E-state index contributed by atoms with van der Waals surface area (Å²) < 4.78 is 14.0. The fourth-order valence-corrected chi connectivity index (χ4v) is 2.31. The minimum atomic E-state index is -0.629. The molecule has 1 heterocycles. The molecule has 1 aliphatic rings. The van der Waals surface area contributed by atoms with Crippen LogP contribution in [-0.4, -0.2) is 47.6 Å². The number of carbonyl (C=O) groups excluding carboxylic acids is 1. The fraction of sp³-hybridized carbons (Fsp3) is 0.538. The molecule has 0 radical (unpaired) electrons. The summed E-state index contributed by atoms with van der Waals surface area (Å²) in [4.78, 5) is 17.5. The lowest BCUT2D eigenvalue weighted by Gasteiger charge is -2.34. The number of anilines is 1. The van der Waals surface area contributed by atoms with Crippen molar-refractivity contribution in [3.8, 4) is 0 Å². The van der Waals surface area contributed by atoms with Crippen molar-refractivity contribution >= 4 is 11.7 Å². The maximum atomic E-state index is 14.0. The third-order valence-corrected chi connectivity index (χ3v) is 3.45. The first kappa shape index (κ1) is 13.7. The van der Waals surface area contributed by atoms with Crippen LogP contribution in [0.1, 0.15) is 23.2 Å². The molecule has 6 heteroatoms. The van der Waals surface area contributed by atoms with Gasteiger partial charge in [-0.25, -0.2) is 9.37 Å². The van der Waals surface area contributed by atoms with Crippen molar-refractivity contribution in [1.29, 1.82) is 0 Å². The number of amides is 1. The predicted molar refractivity (Wildman–Crippen MR) is 69.4 cm³/mol. The second-order valence-corrected chi connectivity index (χ2v) is 4.95. The van der Waals surface area contributed by atoms with Gasteiger partial charge in [0.25, 0.3) is 5.91 Å². The molecule has 0 aliphatic heterocycles. The van der Waals surface area contributed by atoms with E-state index in [1.54, 1.807) is 14.1 Å². The van der Waals surface area contributed by atoms with Gasteiger partial charge in [0.05, 0.1) is 11.7 Å². The average Bonchev–Trinajstić information content (AvgIpc) is 2.36. The standard InChI is InChI=1S/C13H18FN3O2/c1-15-12-11(14)10(3-4-16-12)13(19)17(2)7-8-5-9(18)6-8/h3-4,8-9,18H,5-7H2,1-2H3,(H,15,16). The lowest BCUT2D eigenvalue weighted by Crippen LogP contribution is -2.39. The zero-order chi connectivity index (χ0) is 14.0. The van der Waals surface area contributed by atoms with Crippen molar-refractivity contribution in [1.82, 2.24) is 9.88 Å². The van der Waals surface area contributed by atoms with Crippen LogP contribution < -0.4 is 5.32 Å². The number of halogens is 1. The Morgan fingerprint density at radius 3 is 2.89 bits per heavy atom. The van der Waals surface area contributed by atoms with Crippen LogP contribution in [0.5, 0.6) is 0 Å². The first-order valence-corrected chi connectivity index (χ1v) is 6.28. The van der Waals surface area contributed by atoms with E-state index in [9.17, 15) is 14.3 Å². The van der Waals surface area contributed by atoms with Gasteiger partial charge in [-0.2, -0.15) is 0 Å². The minimum Gasteiger partial charge on any atom is -0.393 e. The molecule has 104 valence electrons. The fourth-order valence-electron chi connectivity index (χ4n) is 2.31. The first-order chi connectivity index (χ1) is 9.02. The predicted octanol–water partition coefficient (Wildman–Crippen LogP) is 1.11. The molecule has 1 fully saturated rings. The summed E-state index contributed by atoms with van der Waals surface area (Å²) in [6.07, 6.45) is 2.57. The Labute approximate surface area is 111 Å². The second-order valence-electron chi connectivity index (χ2n) is 4.95. The maximum absolute atomic E-state index is 14.0. The molecule has 0 atom stereocenters. The summed E-state index contributed by atoms with van der Waals surface area (Å²) in [6.45, 7) is 0.534. The minimum absolute atomic E-state index is 0.0155. The molecule has 19 heavy (non-hydrogen) atoms. The van der Waals surface area contributed by atoms with Crippen molar-refractivity contribution < 1.29 is 14.3 Å². The Kier molecular flexibility index (Phi) is 3.99. The van der Waals surface area contributed by atoms with E-state index in [4.69, 9.17) is 0 Å². The zero-order valence-corrected chi connectivity index (χ0v) is 11.1. The largest absolute Gasteiger partial charge is 0.393 e. The Morgan fingerprint density at radius 1 is 1.63 bits per heavy atom. The number of aliphatic hydroxyl groups is 1. The Bertz CT molecular complexity index is 475. The summed E-state index contributed by atoms with van der Waals surface area (Å²) in [5, 5.41) is 11.8. The highest BCUT2D eigenvalue weighted by Gasteiger charge is 2.30. The summed E-state index contributed by atoms with van der Waals surface area (Å²) in [5.74, 6) is -0.621. The smallest absolute Gasteiger partial charge is 0.256 e. The summed E-state index contributed by atoms with van der Waals surface area (Å²) in [7, 11) is 3.20. The monoisotopic (exact) mass is 267 g/mol. The molecule has 0 aromatic carbocycles. The van der Waals surface area contributed by atoms with Crippen LogP contribution in [0.4, 0.5) is 10.2 Å². The van der Waals surface area contributed by atoms with Gasteiger partial charge in [0.15, 0.2) is 11.6 Å². The molecular formula is C13H18FN3O2. The van der Waals surface area contributed by atoms with Gasteiger partial charge >= 0.3 is 0 Å². The topological polar surface area (TPSA) is 65.5 Å². The van der Waals surface area contributed by atoms with E-state index in [-0.39, 0.29) is 23.4 Å². The van der Waals surface area contributed by atoms with E-state index in [2.05, 4.69) is 10.3 Å². The molecule has 1 amide bonds. The van der Waals surface area contributed by atoms with E-state index in [1.807, 2.05) is 0 Å². The van der Waals surface area contributed by atoms with Crippen molar-refractivity contribution in [2.75, 3.05) is 26.0 Å². The molecule has 5 nitrogen and oxygen atoms in total. The number of nitrogens with one attached hydrogen (secondary N) is 1. The number of hydrogen-bond acceptors (Lipinski definition) is 4. The van der Waals surface area contributed by atoms with Gasteiger partial charge in [0.2, 0.25) is 0 Å². The molecule has 0 saturated heterocycles. The number of aliphatic hydroxyl groups excluding tert-OH is 1. The second kappa shape index (κ2) is 5.52. The number of nitrogens with zero attached hydrogens (tertiary/aromatic N) is 2. The van der Waals surface area contributed by atoms with Gasteiger partial charge in [0.1, 0.15) is 0 Å². The van der Waals surface area contributed by atoms with Crippen LogP contribution >= 0.6 is 0 Å². The molecule has 2 rings (SSSR count). The quantitative estimate of drug-likeness (QED) is 0.857. The molecule has 1 aromatic rings. The molecule has 0 spiro atoms. The number of pyridine rings is 1. The molecular weight excluding hydrogens is 249 g/mol. The van der Waals surface area contributed by atoms with Crippen LogP contribution in [0.15, 0.2) is 12.3 Å². The van der Waals surface area contributed by atoms with Crippen molar-refractivity contribution in [2.24, 2.45) is 5.92 Å². The van der Waals surface area contributed by atoms with Crippen LogP contribution in [-0.2, 0) is 0 Å². The summed E-state index contributed by atoms with van der Waals surface area (Å²) in [5.41, 5.74) is 0.0155. The van der Waals surface area contributed by atoms with E-state index in [0.29, 0.717) is 25.3 Å². The Morgan fingerprint density at radius 2 is 2.32 bits per heavy atom. The van der Waals surface area contributed by atoms with E-state index in [0.717, 1.165) is 0 Å². The van der Waals surface area contributed by atoms with Gasteiger partial charge in [0, 0.05) is 26.8 Å². The van der Waals surface area contributed by atoms with Crippen molar-refractivity contribution in [3.05, 3.63) is 23.6 Å². The normalized spacial score (nSPS) is 21.7. The van der Waals surface area contributed by atoms with Gasteiger partial charge < -0.3 is 15.3 Å². The summed E-state index contributed by atoms with van der Waals surface area (Å²) in [6, 6.07) is 1.38. The molecule has 0 bridgehead atoms. The molecule has 0 unspecified atom stereocenters. The molecule has 2 N–H and O–H groups in total. The van der Waals surface area contributed by atoms with Crippen LogP contribution in [0.2, 0.25) is 0 Å². The summed E-state index contributed by atoms with van der Waals surface area (Å²) >= 11 is 0. The first-order valence-electron chi connectivity index (χ1n) is 6.28. The average molecular weight is 267 g/mol. The Hall–Kier alpha value is -1.69. The third kappa shape index (κ3) is 2.84. The number of rotatable bonds is 4. The number of carbonyl (C=O) groups is 1. The lowest BCUT2D eigenvalue weighted by atomic mass is 9.82. The highest BCUT2D eigenvalue weighted by atomic mass is 19.1. The number of hydrogen-bond donors (Lipinski definition) is 2. The molecule has 1 saturated carbocycles. The third-order valence-electron chi connectivity index (χ3n) is 3.45. The van der Waals surface area contributed by atoms with Gasteiger partial charge in [-0.15, -0.1) is 0 Å². The van der Waals surface area contributed by atoms with E-state index < -0.39 is 5.82 Å². The van der Waals surface area contributed by atoms with Gasteiger partial charge in [-0.3, -0.25) is 4.79 Å². The van der Waals surface area contributed by atoms with Crippen LogP contribution in [0, 0.1) is 11.7 Å². The van der Waals surface area contributed by atoms with Gasteiger partial charge in [-0.05, 0) is 24.8 Å². The molecule has 1 aliphatic carbocycles.